The van der Waals surface area contributed by atoms with Crippen molar-refractivity contribution in [3.63, 3.8) is 0 Å². The Balaban J connectivity index is 0.000000739. The lowest BCUT2D eigenvalue weighted by molar-refractivity contribution is 0.201. The normalized spacial score (nSPS) is 28.1. The number of hydrogen-bond donors (Lipinski definition) is 0. The van der Waals surface area contributed by atoms with Gasteiger partial charge in [0.05, 0.1) is 0 Å². The Hall–Kier alpha value is -1.56. The first-order valence-corrected chi connectivity index (χ1v) is 21.5. The maximum absolute atomic E-state index is 2.43. The van der Waals surface area contributed by atoms with Crippen LogP contribution >= 0.6 is 0 Å². The number of rotatable bonds is 6. The third-order valence-electron chi connectivity index (χ3n) is 14.4. The van der Waals surface area contributed by atoms with Crippen LogP contribution in [0.15, 0.2) is 24.3 Å². The smallest absolute Gasteiger partial charge is 0.0248 e. The van der Waals surface area contributed by atoms with Gasteiger partial charge in [0.15, 0.2) is 0 Å². The molecule has 0 amide bonds. The summed E-state index contributed by atoms with van der Waals surface area (Å²) in [5, 5.41) is 0. The molecule has 0 nitrogen and oxygen atoms in total. The van der Waals surface area contributed by atoms with Gasteiger partial charge in [-0.15, -0.1) is 0 Å². The quantitative estimate of drug-likeness (QED) is 0.277. The van der Waals surface area contributed by atoms with Crippen LogP contribution in [0.25, 0.3) is 0 Å². The SMILES string of the molecule is C.C.C.C.CC1CCC(CC2CCC(C)CC2)CC1.Cc1cc(CC2CCC(C)CC2)cc(C)c1C.Cc1ccc(CC2CCC(C)CC2)c(C)c1C. The van der Waals surface area contributed by atoms with E-state index in [1.165, 1.54) is 149 Å². The van der Waals surface area contributed by atoms with E-state index in [0.717, 1.165) is 47.3 Å². The Morgan fingerprint density at radius 3 is 1.09 bits per heavy atom. The van der Waals surface area contributed by atoms with Crippen molar-refractivity contribution < 1.29 is 0 Å². The van der Waals surface area contributed by atoms with Crippen LogP contribution in [0.1, 0.15) is 211 Å². The molecule has 2 aromatic carbocycles. The molecular formula is C53H96. The van der Waals surface area contributed by atoms with Crippen molar-refractivity contribution in [3.05, 3.63) is 68.8 Å². The van der Waals surface area contributed by atoms with E-state index in [4.69, 9.17) is 0 Å². The van der Waals surface area contributed by atoms with E-state index in [1.54, 1.807) is 17.5 Å². The summed E-state index contributed by atoms with van der Waals surface area (Å²) in [7, 11) is 0. The highest BCUT2D eigenvalue weighted by Crippen LogP contribution is 2.38. The highest BCUT2D eigenvalue weighted by molar-refractivity contribution is 5.39. The van der Waals surface area contributed by atoms with Crippen LogP contribution in [0, 0.1) is 88.9 Å². The van der Waals surface area contributed by atoms with Gasteiger partial charge < -0.3 is 0 Å². The summed E-state index contributed by atoms with van der Waals surface area (Å²) in [6.07, 6.45) is 27.9. The molecule has 0 heteroatoms. The summed E-state index contributed by atoms with van der Waals surface area (Å²) in [6, 6.07) is 9.46. The maximum Gasteiger partial charge on any atom is -0.0248 e. The van der Waals surface area contributed by atoms with Gasteiger partial charge in [0.1, 0.15) is 0 Å². The summed E-state index contributed by atoms with van der Waals surface area (Å²) in [5.41, 5.74) is 12.0. The molecule has 53 heavy (non-hydrogen) atoms. The van der Waals surface area contributed by atoms with Crippen LogP contribution in [0.4, 0.5) is 0 Å². The van der Waals surface area contributed by atoms with E-state index in [0.29, 0.717) is 0 Å². The Bertz CT molecular complexity index is 1190. The van der Waals surface area contributed by atoms with E-state index < -0.39 is 0 Å². The summed E-state index contributed by atoms with van der Waals surface area (Å²) in [5.74, 6) is 8.04. The summed E-state index contributed by atoms with van der Waals surface area (Å²) < 4.78 is 0. The van der Waals surface area contributed by atoms with E-state index in [1.807, 2.05) is 0 Å². The predicted octanol–water partition coefficient (Wildman–Crippen LogP) is 17.5. The monoisotopic (exact) mass is 733 g/mol. The zero-order valence-corrected chi connectivity index (χ0v) is 34.4. The second-order valence-corrected chi connectivity index (χ2v) is 18.8. The van der Waals surface area contributed by atoms with Crippen molar-refractivity contribution in [1.82, 2.24) is 0 Å². The average Bonchev–Trinajstić information content (AvgIpc) is 3.08. The Morgan fingerprint density at radius 2 is 0.717 bits per heavy atom. The molecule has 4 aliphatic rings. The lowest BCUT2D eigenvalue weighted by Crippen LogP contribution is -2.19. The number of aryl methyl sites for hydroxylation is 3. The van der Waals surface area contributed by atoms with E-state index >= 15 is 0 Å². The molecule has 0 spiro atoms. The van der Waals surface area contributed by atoms with Gasteiger partial charge >= 0.3 is 0 Å². The van der Waals surface area contributed by atoms with Crippen LogP contribution in [-0.2, 0) is 12.8 Å². The predicted molar refractivity (Wildman–Crippen MR) is 245 cm³/mol. The standard InChI is InChI=1S/2C17H26.C15H28.4CH4/c1-12-5-8-16(9-6-12)11-17-10-7-13(2)14(3)15(17)4;1-12-5-7-16(8-6-12)11-17-9-13(2)15(4)14(3)10-17;1-12-3-7-14(8-4-12)11-15-9-5-13(2)6-10-15;;;;/h7,10,12,16H,5-6,8-9,11H2,1-4H3;9-10,12,16H,5-8,11H2,1-4H3;12-15H,3-11H2,1-2H3;4*1H4. The van der Waals surface area contributed by atoms with Gasteiger partial charge in [-0.1, -0.05) is 159 Å². The molecule has 4 fully saturated rings. The molecule has 0 aliphatic heterocycles. The third kappa shape index (κ3) is 17.0. The van der Waals surface area contributed by atoms with Gasteiger partial charge in [0.25, 0.3) is 0 Å². The minimum atomic E-state index is 0. The lowest BCUT2D eigenvalue weighted by Gasteiger charge is -2.32. The molecule has 0 aromatic heterocycles. The second kappa shape index (κ2) is 25.6. The lowest BCUT2D eigenvalue weighted by atomic mass is 9.74. The van der Waals surface area contributed by atoms with Gasteiger partial charge in [0, 0.05) is 0 Å². The number of hydrogen-bond acceptors (Lipinski definition) is 0. The molecule has 0 unspecified atom stereocenters. The second-order valence-electron chi connectivity index (χ2n) is 18.8. The van der Waals surface area contributed by atoms with E-state index in [-0.39, 0.29) is 29.7 Å². The summed E-state index contributed by atoms with van der Waals surface area (Å²) in [4.78, 5) is 0. The molecule has 4 aliphatic carbocycles. The van der Waals surface area contributed by atoms with Crippen molar-refractivity contribution in [3.8, 4) is 0 Å². The first kappa shape index (κ1) is 51.4. The van der Waals surface area contributed by atoms with E-state index in [2.05, 4.69) is 93.5 Å². The van der Waals surface area contributed by atoms with Crippen molar-refractivity contribution in [2.45, 2.75) is 221 Å². The van der Waals surface area contributed by atoms with Crippen molar-refractivity contribution in [1.29, 1.82) is 0 Å². The van der Waals surface area contributed by atoms with Crippen LogP contribution in [-0.4, -0.2) is 0 Å². The molecular weight excluding hydrogens is 637 g/mol. The largest absolute Gasteiger partial charge is 0.0776 e. The molecule has 4 saturated carbocycles. The molecule has 308 valence electrons. The van der Waals surface area contributed by atoms with Crippen LogP contribution < -0.4 is 0 Å². The van der Waals surface area contributed by atoms with Crippen LogP contribution in [0.2, 0.25) is 0 Å². The minimum absolute atomic E-state index is 0. The fraction of sp³-hybridized carbons (Fsp3) is 0.774. The van der Waals surface area contributed by atoms with Gasteiger partial charge in [-0.3, -0.25) is 0 Å². The maximum atomic E-state index is 2.43. The zero-order chi connectivity index (χ0) is 35.5. The molecule has 2 aromatic rings. The molecule has 0 N–H and O–H groups in total. The van der Waals surface area contributed by atoms with Crippen molar-refractivity contribution >= 4 is 0 Å². The van der Waals surface area contributed by atoms with Crippen molar-refractivity contribution in [2.24, 2.45) is 47.3 Å². The summed E-state index contributed by atoms with van der Waals surface area (Å²) in [6.45, 7) is 23.2. The van der Waals surface area contributed by atoms with Gasteiger partial charge in [0.2, 0.25) is 0 Å². The highest BCUT2D eigenvalue weighted by atomic mass is 14.3. The first-order valence-electron chi connectivity index (χ1n) is 21.5. The van der Waals surface area contributed by atoms with Crippen LogP contribution in [0.3, 0.4) is 0 Å². The van der Waals surface area contributed by atoms with Gasteiger partial charge in [-0.2, -0.15) is 0 Å². The third-order valence-corrected chi connectivity index (χ3v) is 14.4. The first-order chi connectivity index (χ1) is 23.4. The Kier molecular flexibility index (Phi) is 24.8. The summed E-state index contributed by atoms with van der Waals surface area (Å²) >= 11 is 0. The highest BCUT2D eigenvalue weighted by Gasteiger charge is 2.25. The minimum Gasteiger partial charge on any atom is -0.0776 e. The average molecular weight is 733 g/mol. The zero-order valence-electron chi connectivity index (χ0n) is 34.4. The molecule has 0 bridgehead atoms. The fourth-order valence-corrected chi connectivity index (χ4v) is 9.79. The molecule has 0 saturated heterocycles. The Labute approximate surface area is 335 Å². The number of benzene rings is 2. The molecule has 0 radical (unpaired) electrons. The molecule has 6 rings (SSSR count). The van der Waals surface area contributed by atoms with Crippen molar-refractivity contribution in [2.75, 3.05) is 0 Å². The van der Waals surface area contributed by atoms with Gasteiger partial charge in [-0.05, 0) is 178 Å². The topological polar surface area (TPSA) is 0 Å². The van der Waals surface area contributed by atoms with Crippen LogP contribution in [0.5, 0.6) is 0 Å². The fourth-order valence-electron chi connectivity index (χ4n) is 9.79. The Morgan fingerprint density at radius 1 is 0.377 bits per heavy atom. The van der Waals surface area contributed by atoms with Gasteiger partial charge in [-0.25, -0.2) is 0 Å². The molecule has 0 atom stereocenters. The molecule has 0 heterocycles. The van der Waals surface area contributed by atoms with E-state index in [9.17, 15) is 0 Å².